The van der Waals surface area contributed by atoms with Gasteiger partial charge in [0.25, 0.3) is 0 Å². The van der Waals surface area contributed by atoms with Crippen molar-refractivity contribution in [3.8, 4) is 0 Å². The molecule has 0 spiro atoms. The lowest BCUT2D eigenvalue weighted by Gasteiger charge is -2.07. The van der Waals surface area contributed by atoms with Crippen LogP contribution in [-0.2, 0) is 19.1 Å². The average molecular weight is 256 g/mol. The summed E-state index contributed by atoms with van der Waals surface area (Å²) in [5.41, 5.74) is 0. The average Bonchev–Trinajstić information content (AvgIpc) is 2.32. The highest BCUT2D eigenvalue weighted by Gasteiger charge is 2.07. The second kappa shape index (κ2) is 10.8. The number of esters is 2. The first-order chi connectivity index (χ1) is 8.56. The van der Waals surface area contributed by atoms with Crippen LogP contribution in [0.15, 0.2) is 12.7 Å². The summed E-state index contributed by atoms with van der Waals surface area (Å²) >= 11 is 0. The molecule has 104 valence electrons. The van der Waals surface area contributed by atoms with Crippen molar-refractivity contribution in [2.24, 2.45) is 5.92 Å². The summed E-state index contributed by atoms with van der Waals surface area (Å²) < 4.78 is 9.98. The zero-order valence-electron chi connectivity index (χ0n) is 11.4. The third-order valence-electron chi connectivity index (χ3n) is 2.16. The Kier molecular flexibility index (Phi) is 10.0. The van der Waals surface area contributed by atoms with E-state index in [0.29, 0.717) is 25.6 Å². The molecule has 0 bridgehead atoms. The summed E-state index contributed by atoms with van der Waals surface area (Å²) in [6.45, 7) is 8.40. The van der Waals surface area contributed by atoms with Gasteiger partial charge < -0.3 is 9.47 Å². The third-order valence-corrected chi connectivity index (χ3v) is 2.16. The van der Waals surface area contributed by atoms with E-state index >= 15 is 0 Å². The van der Waals surface area contributed by atoms with Crippen LogP contribution in [0.5, 0.6) is 0 Å². The van der Waals surface area contributed by atoms with Gasteiger partial charge in [0.05, 0.1) is 13.2 Å². The Morgan fingerprint density at radius 3 is 2.28 bits per heavy atom. The van der Waals surface area contributed by atoms with E-state index in [4.69, 9.17) is 9.47 Å². The normalized spacial score (nSPS) is 10.2. The van der Waals surface area contributed by atoms with Gasteiger partial charge in [0, 0.05) is 12.8 Å². The summed E-state index contributed by atoms with van der Waals surface area (Å²) in [6.07, 6.45) is 4.45. The molecule has 0 aromatic rings. The molecule has 4 heteroatoms. The fraction of sp³-hybridized carbons (Fsp3) is 0.714. The van der Waals surface area contributed by atoms with Gasteiger partial charge in [-0.25, -0.2) is 0 Å². The smallest absolute Gasteiger partial charge is 0.305 e. The summed E-state index contributed by atoms with van der Waals surface area (Å²) in [5.74, 6) is -0.164. The number of hydrogen-bond acceptors (Lipinski definition) is 4. The van der Waals surface area contributed by atoms with E-state index in [1.54, 1.807) is 6.08 Å². The van der Waals surface area contributed by atoms with Gasteiger partial charge in [-0.2, -0.15) is 0 Å². The Hall–Kier alpha value is -1.32. The van der Waals surface area contributed by atoms with Crippen molar-refractivity contribution >= 4 is 11.9 Å². The number of ether oxygens (including phenoxy) is 2. The second-order valence-corrected chi connectivity index (χ2v) is 4.58. The maximum atomic E-state index is 11.3. The van der Waals surface area contributed by atoms with Gasteiger partial charge in [0.2, 0.25) is 0 Å². The zero-order valence-corrected chi connectivity index (χ0v) is 11.4. The van der Waals surface area contributed by atoms with Crippen molar-refractivity contribution in [1.82, 2.24) is 0 Å². The number of carbonyl (C=O) groups excluding carboxylic acids is 2. The summed E-state index contributed by atoms with van der Waals surface area (Å²) in [5, 5.41) is 0. The maximum Gasteiger partial charge on any atom is 0.305 e. The Labute approximate surface area is 109 Å². The van der Waals surface area contributed by atoms with Crippen molar-refractivity contribution in [3.63, 3.8) is 0 Å². The summed E-state index contributed by atoms with van der Waals surface area (Å²) in [4.78, 5) is 22.5. The van der Waals surface area contributed by atoms with Crippen molar-refractivity contribution in [2.45, 2.75) is 46.0 Å². The molecular formula is C14H24O4. The number of carbonyl (C=O) groups is 2. The molecule has 0 fully saturated rings. The number of hydrogen-bond donors (Lipinski definition) is 0. The highest BCUT2D eigenvalue weighted by molar-refractivity contribution is 5.72. The lowest BCUT2D eigenvalue weighted by Crippen LogP contribution is -2.11. The topological polar surface area (TPSA) is 52.6 Å². The predicted molar refractivity (Wildman–Crippen MR) is 70.0 cm³/mol. The molecule has 0 rings (SSSR count). The number of rotatable bonds is 10. The first kappa shape index (κ1) is 16.7. The highest BCUT2D eigenvalue weighted by atomic mass is 16.5. The van der Waals surface area contributed by atoms with Crippen LogP contribution in [0.1, 0.15) is 46.0 Å². The lowest BCUT2D eigenvalue weighted by atomic mass is 10.2. The fourth-order valence-corrected chi connectivity index (χ4v) is 1.19. The molecule has 0 amide bonds. The minimum Gasteiger partial charge on any atom is -0.466 e. The van der Waals surface area contributed by atoms with Gasteiger partial charge in [-0.1, -0.05) is 19.9 Å². The Morgan fingerprint density at radius 1 is 1.11 bits per heavy atom. The maximum absolute atomic E-state index is 11.3. The molecule has 0 aromatic heterocycles. The molecule has 0 atom stereocenters. The van der Waals surface area contributed by atoms with Gasteiger partial charge in [-0.15, -0.1) is 6.58 Å². The van der Waals surface area contributed by atoms with Crippen LogP contribution in [-0.4, -0.2) is 25.2 Å². The van der Waals surface area contributed by atoms with E-state index in [9.17, 15) is 9.59 Å². The lowest BCUT2D eigenvalue weighted by molar-refractivity contribution is -0.146. The minimum absolute atomic E-state index is 0.247. The molecule has 0 saturated heterocycles. The van der Waals surface area contributed by atoms with Crippen LogP contribution < -0.4 is 0 Å². The molecular weight excluding hydrogens is 232 g/mol. The minimum atomic E-state index is -0.254. The van der Waals surface area contributed by atoms with Crippen LogP contribution in [0.3, 0.4) is 0 Å². The van der Waals surface area contributed by atoms with E-state index in [1.165, 1.54) is 0 Å². The molecule has 0 unspecified atom stereocenters. The molecule has 0 radical (unpaired) electrons. The number of allylic oxidation sites excluding steroid dienone is 1. The Balaban J connectivity index is 3.44. The van der Waals surface area contributed by atoms with Crippen molar-refractivity contribution in [2.75, 3.05) is 13.2 Å². The first-order valence-corrected chi connectivity index (χ1v) is 6.48. The van der Waals surface area contributed by atoms with Crippen LogP contribution in [0.4, 0.5) is 0 Å². The fourth-order valence-electron chi connectivity index (χ4n) is 1.19. The van der Waals surface area contributed by atoms with Gasteiger partial charge in [-0.3, -0.25) is 9.59 Å². The second-order valence-electron chi connectivity index (χ2n) is 4.58. The zero-order chi connectivity index (χ0) is 13.8. The first-order valence-electron chi connectivity index (χ1n) is 6.48. The van der Waals surface area contributed by atoms with Crippen molar-refractivity contribution < 1.29 is 19.1 Å². The molecule has 4 nitrogen and oxygen atoms in total. The quantitative estimate of drug-likeness (QED) is 0.342. The Bertz CT molecular complexity index is 259. The summed E-state index contributed by atoms with van der Waals surface area (Å²) in [6, 6.07) is 0. The van der Waals surface area contributed by atoms with Gasteiger partial charge in [-0.05, 0) is 25.2 Å². The van der Waals surface area contributed by atoms with Crippen molar-refractivity contribution in [3.05, 3.63) is 12.7 Å². The largest absolute Gasteiger partial charge is 0.466 e. The SMILES string of the molecule is C=CCCCOC(=O)CCCC(=O)OCC(C)C. The highest BCUT2D eigenvalue weighted by Crippen LogP contribution is 2.02. The standard InChI is InChI=1S/C14H24O4/c1-4-5-6-10-17-13(15)8-7-9-14(16)18-11-12(2)3/h4,12H,1,5-11H2,2-3H3. The van der Waals surface area contributed by atoms with Crippen LogP contribution in [0, 0.1) is 5.92 Å². The van der Waals surface area contributed by atoms with E-state index in [0.717, 1.165) is 12.8 Å². The van der Waals surface area contributed by atoms with E-state index in [1.807, 2.05) is 13.8 Å². The monoisotopic (exact) mass is 256 g/mol. The molecule has 0 aliphatic heterocycles. The molecule has 0 saturated carbocycles. The third kappa shape index (κ3) is 11.2. The van der Waals surface area contributed by atoms with Crippen molar-refractivity contribution in [1.29, 1.82) is 0 Å². The van der Waals surface area contributed by atoms with Crippen LogP contribution in [0.2, 0.25) is 0 Å². The number of unbranched alkanes of at least 4 members (excludes halogenated alkanes) is 1. The molecule has 18 heavy (non-hydrogen) atoms. The molecule has 0 aliphatic rings. The molecule has 0 aliphatic carbocycles. The van der Waals surface area contributed by atoms with E-state index < -0.39 is 0 Å². The van der Waals surface area contributed by atoms with E-state index in [-0.39, 0.29) is 24.8 Å². The van der Waals surface area contributed by atoms with E-state index in [2.05, 4.69) is 6.58 Å². The summed E-state index contributed by atoms with van der Waals surface area (Å²) in [7, 11) is 0. The Morgan fingerprint density at radius 2 is 1.72 bits per heavy atom. The van der Waals surface area contributed by atoms with Gasteiger partial charge in [0.15, 0.2) is 0 Å². The predicted octanol–water partition coefficient (Wildman–Crippen LogP) is 2.87. The van der Waals surface area contributed by atoms with Crippen LogP contribution >= 0.6 is 0 Å². The molecule has 0 N–H and O–H groups in total. The molecule has 0 aromatic carbocycles. The van der Waals surface area contributed by atoms with Gasteiger partial charge >= 0.3 is 11.9 Å². The van der Waals surface area contributed by atoms with Gasteiger partial charge in [0.1, 0.15) is 0 Å². The molecule has 0 heterocycles. The van der Waals surface area contributed by atoms with Crippen LogP contribution in [0.25, 0.3) is 0 Å².